The first-order valence-electron chi connectivity index (χ1n) is 15.3. The smallest absolute Gasteiger partial charge is 0.182 e. The molecule has 0 unspecified atom stereocenters. The predicted octanol–water partition coefficient (Wildman–Crippen LogP) is 6.95. The maximum atomic E-state index is 6.68. The van der Waals surface area contributed by atoms with Gasteiger partial charge in [-0.15, -0.1) is 0 Å². The van der Waals surface area contributed by atoms with Gasteiger partial charge in [0.05, 0.1) is 32.2 Å². The van der Waals surface area contributed by atoms with Gasteiger partial charge in [0.25, 0.3) is 0 Å². The Morgan fingerprint density at radius 3 is 2.24 bits per heavy atom. The fourth-order valence-electron chi connectivity index (χ4n) is 5.84. The highest BCUT2D eigenvalue weighted by Gasteiger charge is 2.32. The molecule has 0 amide bonds. The van der Waals surface area contributed by atoms with Gasteiger partial charge in [-0.3, -0.25) is 0 Å². The molecule has 0 aliphatic carbocycles. The topological polar surface area (TPSA) is 169 Å². The number of anilines is 5. The Balaban J connectivity index is 1.43. The highest BCUT2D eigenvalue weighted by molar-refractivity contribution is 6.39. The lowest BCUT2D eigenvalue weighted by Gasteiger charge is -2.34. The number of H-pyrrole nitrogens is 1. The Morgan fingerprint density at radius 1 is 0.740 bits per heavy atom. The summed E-state index contributed by atoms with van der Waals surface area (Å²) in [6.07, 6.45) is 8.11. The summed E-state index contributed by atoms with van der Waals surface area (Å²) in [6, 6.07) is 16.3. The van der Waals surface area contributed by atoms with Crippen LogP contribution >= 0.6 is 23.2 Å². The molecule has 3 N–H and O–H groups in total. The molecule has 0 spiro atoms. The Kier molecular flexibility index (Phi) is 7.65. The van der Waals surface area contributed by atoms with Gasteiger partial charge in [-0.1, -0.05) is 29.3 Å². The monoisotopic (exact) mass is 700 g/mol. The number of nitrogen functional groups attached to an aromatic ring is 1. The number of hydrogen-bond acceptors (Lipinski definition) is 12. The number of pyridine rings is 3. The van der Waals surface area contributed by atoms with Gasteiger partial charge >= 0.3 is 0 Å². The number of imidazole rings is 2. The van der Waals surface area contributed by atoms with E-state index < -0.39 is 0 Å². The predicted molar refractivity (Wildman–Crippen MR) is 193 cm³/mol. The number of rotatable bonds is 7. The minimum absolute atomic E-state index is 0.336. The van der Waals surface area contributed by atoms with Crippen LogP contribution in [-0.2, 0) is 7.05 Å². The van der Waals surface area contributed by atoms with Crippen LogP contribution in [0, 0.1) is 13.8 Å². The number of nitrogens with one attached hydrogen (secondary N) is 1. The van der Waals surface area contributed by atoms with Crippen molar-refractivity contribution in [2.45, 2.75) is 13.8 Å². The van der Waals surface area contributed by atoms with Gasteiger partial charge < -0.3 is 15.3 Å². The zero-order valence-corrected chi connectivity index (χ0v) is 28.3. The Bertz CT molecular complexity index is 2510. The maximum Gasteiger partial charge on any atom is 0.182 e. The van der Waals surface area contributed by atoms with E-state index in [-0.39, 0.29) is 0 Å². The molecule has 1 aromatic carbocycles. The number of hydrogen-bond donors (Lipinski definition) is 2. The van der Waals surface area contributed by atoms with Gasteiger partial charge in [-0.2, -0.15) is 0 Å². The molecule has 8 rings (SSSR count). The van der Waals surface area contributed by atoms with E-state index in [0.29, 0.717) is 84.3 Å². The van der Waals surface area contributed by atoms with Crippen LogP contribution in [0.5, 0.6) is 0 Å². The first kappa shape index (κ1) is 31.0. The molecule has 50 heavy (non-hydrogen) atoms. The largest absolute Gasteiger partial charge is 0.383 e. The van der Waals surface area contributed by atoms with Crippen molar-refractivity contribution < 1.29 is 0 Å². The number of fused-ring (bicyclic) bond motifs is 2. The number of nitrogens with two attached hydrogens (primary N) is 1. The van der Waals surface area contributed by atoms with E-state index in [1.54, 1.807) is 65.1 Å². The number of aromatic amines is 1. The zero-order chi connectivity index (χ0) is 34.5. The number of nitrogens with zero attached hydrogens (tertiary/aromatic N) is 12. The lowest BCUT2D eigenvalue weighted by Crippen LogP contribution is -2.38. The number of aromatic nitrogens is 11. The molecule has 0 aliphatic heterocycles. The molecule has 8 aromatic rings. The molecule has 0 radical (unpaired) electrons. The quantitative estimate of drug-likeness (QED) is 0.164. The number of halogens is 2. The maximum absolute atomic E-state index is 6.68. The van der Waals surface area contributed by atoms with E-state index in [0.717, 1.165) is 11.2 Å². The third-order valence-electron chi connectivity index (χ3n) is 8.00. The molecule has 0 saturated carbocycles. The van der Waals surface area contributed by atoms with Crippen molar-refractivity contribution in [3.05, 3.63) is 107 Å². The van der Waals surface area contributed by atoms with Crippen molar-refractivity contribution in [2.75, 3.05) is 15.8 Å². The van der Waals surface area contributed by atoms with Crippen LogP contribution in [0.3, 0.4) is 0 Å². The number of benzene rings is 1. The van der Waals surface area contributed by atoms with Gasteiger partial charge in [0.2, 0.25) is 0 Å². The Labute approximate surface area is 294 Å². The molecule has 0 saturated heterocycles. The highest BCUT2D eigenvalue weighted by atomic mass is 35.5. The Hall–Kier alpha value is -6.25. The van der Waals surface area contributed by atoms with E-state index >= 15 is 0 Å². The fourth-order valence-corrected chi connectivity index (χ4v) is 6.41. The van der Waals surface area contributed by atoms with E-state index in [4.69, 9.17) is 53.9 Å². The van der Waals surface area contributed by atoms with Crippen molar-refractivity contribution in [2.24, 2.45) is 7.05 Å². The van der Waals surface area contributed by atoms with E-state index in [1.165, 1.54) is 6.33 Å². The van der Waals surface area contributed by atoms with Crippen molar-refractivity contribution in [3.8, 4) is 22.8 Å². The molecule has 14 nitrogen and oxygen atoms in total. The Morgan fingerprint density at radius 2 is 1.50 bits per heavy atom. The molecule has 7 aromatic heterocycles. The third-order valence-corrected chi connectivity index (χ3v) is 8.63. The molecular weight excluding hydrogens is 675 g/mol. The average molecular weight is 702 g/mol. The van der Waals surface area contributed by atoms with Crippen LogP contribution in [-0.4, -0.2) is 54.4 Å². The standard InChI is InChI=1S/C34H26Cl2N14/c1-18-16-26(44-19(2)43-18)50(33-28-23(9-14-40-33)45-31(46-28)20-6-5-12-39-30(20)37)49(25-11-13-38-17-42-25)34-29-24(10-15-41-34)48(3)32(47-29)27-21(35)7-4-8-22(27)36/h4-17H,1-3H3,(H2,37,39)(H,45,46). The second-order valence-corrected chi connectivity index (χ2v) is 12.1. The lowest BCUT2D eigenvalue weighted by molar-refractivity contribution is 0.878. The summed E-state index contributed by atoms with van der Waals surface area (Å²) in [6.45, 7) is 3.72. The van der Waals surface area contributed by atoms with Gasteiger partial charge in [-0.05, 0) is 50.2 Å². The summed E-state index contributed by atoms with van der Waals surface area (Å²) >= 11 is 13.4. The molecule has 16 heteroatoms. The molecule has 7 heterocycles. The normalized spacial score (nSPS) is 11.4. The van der Waals surface area contributed by atoms with E-state index in [2.05, 4.69) is 24.9 Å². The minimum Gasteiger partial charge on any atom is -0.383 e. The second-order valence-electron chi connectivity index (χ2n) is 11.3. The number of aryl methyl sites for hydroxylation is 3. The van der Waals surface area contributed by atoms with Crippen LogP contribution in [0.25, 0.3) is 44.8 Å². The first-order valence-corrected chi connectivity index (χ1v) is 16.0. The van der Waals surface area contributed by atoms with Gasteiger partial charge in [0.1, 0.15) is 40.7 Å². The van der Waals surface area contributed by atoms with Crippen molar-refractivity contribution in [1.82, 2.24) is 54.4 Å². The summed E-state index contributed by atoms with van der Waals surface area (Å²) in [4.78, 5) is 45.8. The summed E-state index contributed by atoms with van der Waals surface area (Å²) in [5, 5.41) is 4.50. The van der Waals surface area contributed by atoms with Crippen molar-refractivity contribution in [1.29, 1.82) is 0 Å². The van der Waals surface area contributed by atoms with Gasteiger partial charge in [0, 0.05) is 49.7 Å². The fraction of sp³-hybridized carbons (Fsp3) is 0.0882. The summed E-state index contributed by atoms with van der Waals surface area (Å²) in [5.41, 5.74) is 10.7. The summed E-state index contributed by atoms with van der Waals surface area (Å²) < 4.78 is 1.92. The molecule has 0 bridgehead atoms. The minimum atomic E-state index is 0.336. The SMILES string of the molecule is Cc1cc(N(c2nccc3[nH]c(-c4cccnc4N)nc23)N(c2ccncn2)c2nccc3c2nc(-c2c(Cl)cccc2Cl)n3C)nc(C)n1. The lowest BCUT2D eigenvalue weighted by atomic mass is 10.2. The van der Waals surface area contributed by atoms with Crippen LogP contribution < -0.4 is 15.8 Å². The van der Waals surface area contributed by atoms with Crippen LogP contribution in [0.15, 0.2) is 85.7 Å². The van der Waals surface area contributed by atoms with Crippen molar-refractivity contribution in [3.63, 3.8) is 0 Å². The second kappa shape index (κ2) is 12.3. The first-order chi connectivity index (χ1) is 24.3. The molecule has 0 aliphatic rings. The zero-order valence-electron chi connectivity index (χ0n) is 26.8. The van der Waals surface area contributed by atoms with E-state index in [1.807, 2.05) is 49.7 Å². The molecular formula is C34H26Cl2N14. The van der Waals surface area contributed by atoms with Crippen molar-refractivity contribution >= 4 is 74.4 Å². The van der Waals surface area contributed by atoms with Gasteiger partial charge in [0.15, 0.2) is 23.3 Å². The van der Waals surface area contributed by atoms with E-state index in [9.17, 15) is 0 Å². The average Bonchev–Trinajstić information content (AvgIpc) is 3.69. The third kappa shape index (κ3) is 5.27. The molecule has 0 atom stereocenters. The molecule has 0 fully saturated rings. The highest BCUT2D eigenvalue weighted by Crippen LogP contribution is 2.41. The number of hydrazine groups is 1. The van der Waals surface area contributed by atoms with Crippen LogP contribution in [0.2, 0.25) is 10.0 Å². The summed E-state index contributed by atoms with van der Waals surface area (Å²) in [7, 11) is 1.90. The summed E-state index contributed by atoms with van der Waals surface area (Å²) in [5.74, 6) is 3.70. The van der Waals surface area contributed by atoms with Crippen LogP contribution in [0.4, 0.5) is 29.1 Å². The van der Waals surface area contributed by atoms with Gasteiger partial charge in [-0.25, -0.2) is 54.9 Å². The van der Waals surface area contributed by atoms with Crippen LogP contribution in [0.1, 0.15) is 11.5 Å². The molecule has 246 valence electrons.